The largest absolute Gasteiger partial charge is 0.337 e. The second-order valence-electron chi connectivity index (χ2n) is 6.66. The molecule has 3 atom stereocenters. The van der Waals surface area contributed by atoms with Crippen molar-refractivity contribution >= 4 is 29.7 Å². The van der Waals surface area contributed by atoms with Crippen LogP contribution in [0.5, 0.6) is 0 Å². The smallest absolute Gasteiger partial charge is 0.273 e. The molecule has 2 heterocycles. The van der Waals surface area contributed by atoms with E-state index >= 15 is 0 Å². The summed E-state index contributed by atoms with van der Waals surface area (Å²) in [7, 11) is 0. The maximum absolute atomic E-state index is 12.7. The second-order valence-corrected chi connectivity index (χ2v) is 7.61. The van der Waals surface area contributed by atoms with Crippen LogP contribution in [-0.2, 0) is 6.42 Å². The Morgan fingerprint density at radius 3 is 2.79 bits per heavy atom. The fourth-order valence-corrected chi connectivity index (χ4v) is 4.70. The van der Waals surface area contributed by atoms with Gasteiger partial charge in [-0.3, -0.25) is 4.79 Å². The number of aromatic nitrogens is 1. The zero-order valence-electron chi connectivity index (χ0n) is 13.4. The topological polar surface area (TPSA) is 59.2 Å². The molecular weight excluding hydrogens is 342 g/mol. The summed E-state index contributed by atoms with van der Waals surface area (Å²) in [5, 5.41) is 2.89. The minimum absolute atomic E-state index is 0. The Balaban J connectivity index is 0.00000169. The molecule has 0 bridgehead atoms. The number of nitrogens with zero attached hydrogens (tertiary/aromatic N) is 2. The first-order valence-corrected chi connectivity index (χ1v) is 9.12. The molecule has 3 unspecified atom stereocenters. The number of fused-ring (bicyclic) bond motifs is 1. The van der Waals surface area contributed by atoms with E-state index in [1.165, 1.54) is 5.56 Å². The molecule has 0 spiro atoms. The van der Waals surface area contributed by atoms with E-state index in [4.69, 9.17) is 5.73 Å². The standard InChI is InChI=1S/C18H21N3OS.ClH/c19-15-7-6-13-9-21(10-14(13)15)18(22)16-11-23-17(20-16)8-12-4-2-1-3-5-12;/h1-5,11,13-15H,6-10,19H2;1H. The predicted molar refractivity (Wildman–Crippen MR) is 98.7 cm³/mol. The van der Waals surface area contributed by atoms with Crippen LogP contribution in [0.15, 0.2) is 35.7 Å². The van der Waals surface area contributed by atoms with Gasteiger partial charge in [0.25, 0.3) is 5.91 Å². The number of hydrogen-bond donors (Lipinski definition) is 1. The molecule has 128 valence electrons. The molecule has 4 rings (SSSR count). The van der Waals surface area contributed by atoms with Crippen LogP contribution in [-0.4, -0.2) is 34.9 Å². The number of benzene rings is 1. The summed E-state index contributed by atoms with van der Waals surface area (Å²) in [6, 6.07) is 10.5. The van der Waals surface area contributed by atoms with Crippen LogP contribution in [0, 0.1) is 11.8 Å². The van der Waals surface area contributed by atoms with E-state index in [0.29, 0.717) is 17.5 Å². The molecule has 6 heteroatoms. The molecule has 1 saturated carbocycles. The first-order chi connectivity index (χ1) is 11.2. The molecule has 2 N–H and O–H groups in total. The van der Waals surface area contributed by atoms with Gasteiger partial charge in [-0.25, -0.2) is 4.98 Å². The van der Waals surface area contributed by atoms with E-state index in [0.717, 1.165) is 37.4 Å². The maximum Gasteiger partial charge on any atom is 0.273 e. The molecule has 1 aromatic carbocycles. The Labute approximate surface area is 152 Å². The monoisotopic (exact) mass is 363 g/mol. The summed E-state index contributed by atoms with van der Waals surface area (Å²) < 4.78 is 0. The number of nitrogens with two attached hydrogens (primary N) is 1. The highest BCUT2D eigenvalue weighted by atomic mass is 35.5. The lowest BCUT2D eigenvalue weighted by Crippen LogP contribution is -2.33. The summed E-state index contributed by atoms with van der Waals surface area (Å²) >= 11 is 1.57. The van der Waals surface area contributed by atoms with Gasteiger partial charge in [-0.1, -0.05) is 30.3 Å². The molecule has 1 saturated heterocycles. The first kappa shape index (κ1) is 17.4. The number of hydrogen-bond acceptors (Lipinski definition) is 4. The Hall–Kier alpha value is -1.43. The molecule has 4 nitrogen and oxygen atoms in total. The number of carbonyl (C=O) groups is 1. The van der Waals surface area contributed by atoms with Crippen molar-refractivity contribution in [3.8, 4) is 0 Å². The molecule has 2 aliphatic rings. The number of amides is 1. The van der Waals surface area contributed by atoms with E-state index in [-0.39, 0.29) is 24.4 Å². The Kier molecular flexibility index (Phi) is 5.23. The van der Waals surface area contributed by atoms with Gasteiger partial charge in [0.2, 0.25) is 0 Å². The van der Waals surface area contributed by atoms with Gasteiger partial charge in [0.1, 0.15) is 5.69 Å². The number of likely N-dealkylation sites (tertiary alicyclic amines) is 1. The fraction of sp³-hybridized carbons (Fsp3) is 0.444. The van der Waals surface area contributed by atoms with Crippen molar-refractivity contribution in [2.75, 3.05) is 13.1 Å². The fourth-order valence-electron chi connectivity index (χ4n) is 3.90. The minimum Gasteiger partial charge on any atom is -0.337 e. The number of carbonyl (C=O) groups excluding carboxylic acids is 1. The van der Waals surface area contributed by atoms with Gasteiger partial charge < -0.3 is 10.6 Å². The first-order valence-electron chi connectivity index (χ1n) is 8.24. The zero-order valence-corrected chi connectivity index (χ0v) is 15.1. The third kappa shape index (κ3) is 3.34. The highest BCUT2D eigenvalue weighted by Crippen LogP contribution is 2.37. The van der Waals surface area contributed by atoms with Gasteiger partial charge in [0.15, 0.2) is 0 Å². The molecule has 1 amide bonds. The van der Waals surface area contributed by atoms with Crippen molar-refractivity contribution in [2.24, 2.45) is 17.6 Å². The summed E-state index contributed by atoms with van der Waals surface area (Å²) in [4.78, 5) is 19.2. The lowest BCUT2D eigenvalue weighted by Gasteiger charge is -2.17. The third-order valence-electron chi connectivity index (χ3n) is 5.17. The Bertz CT molecular complexity index is 705. The molecule has 2 aromatic rings. The minimum atomic E-state index is 0. The average Bonchev–Trinajstić information content (AvgIpc) is 3.26. The summed E-state index contributed by atoms with van der Waals surface area (Å²) in [6.45, 7) is 1.65. The lowest BCUT2D eigenvalue weighted by molar-refractivity contribution is 0.0774. The third-order valence-corrected chi connectivity index (χ3v) is 6.02. The van der Waals surface area contributed by atoms with Gasteiger partial charge in [0.05, 0.1) is 5.01 Å². The van der Waals surface area contributed by atoms with Crippen LogP contribution in [0.25, 0.3) is 0 Å². The summed E-state index contributed by atoms with van der Waals surface area (Å²) in [6.07, 6.45) is 3.05. The zero-order chi connectivity index (χ0) is 15.8. The van der Waals surface area contributed by atoms with E-state index < -0.39 is 0 Å². The van der Waals surface area contributed by atoms with Gasteiger partial charge in [-0.2, -0.15) is 0 Å². The number of halogens is 1. The van der Waals surface area contributed by atoms with E-state index in [9.17, 15) is 4.79 Å². The van der Waals surface area contributed by atoms with Crippen molar-refractivity contribution in [3.63, 3.8) is 0 Å². The highest BCUT2D eigenvalue weighted by molar-refractivity contribution is 7.09. The Morgan fingerprint density at radius 1 is 1.25 bits per heavy atom. The lowest BCUT2D eigenvalue weighted by atomic mass is 9.98. The SMILES string of the molecule is Cl.NC1CCC2CN(C(=O)c3csc(Cc4ccccc4)n3)CC12. The normalized spacial score (nSPS) is 25.4. The Morgan fingerprint density at radius 2 is 2.04 bits per heavy atom. The molecule has 1 aliphatic carbocycles. The molecule has 0 radical (unpaired) electrons. The van der Waals surface area contributed by atoms with Crippen molar-refractivity contribution in [3.05, 3.63) is 52.0 Å². The van der Waals surface area contributed by atoms with Crippen LogP contribution >= 0.6 is 23.7 Å². The molecule has 1 aliphatic heterocycles. The summed E-state index contributed by atoms with van der Waals surface area (Å²) in [5.41, 5.74) is 7.98. The number of rotatable bonds is 3. The van der Waals surface area contributed by atoms with Gasteiger partial charge in [-0.15, -0.1) is 23.7 Å². The van der Waals surface area contributed by atoms with Crippen molar-refractivity contribution in [2.45, 2.75) is 25.3 Å². The van der Waals surface area contributed by atoms with E-state index in [1.807, 2.05) is 28.5 Å². The predicted octanol–water partition coefficient (Wildman–Crippen LogP) is 2.97. The van der Waals surface area contributed by atoms with Crippen LogP contribution in [0.3, 0.4) is 0 Å². The van der Waals surface area contributed by atoms with Crippen molar-refractivity contribution < 1.29 is 4.79 Å². The quantitative estimate of drug-likeness (QED) is 0.912. The van der Waals surface area contributed by atoms with Gasteiger partial charge >= 0.3 is 0 Å². The van der Waals surface area contributed by atoms with Gasteiger partial charge in [-0.05, 0) is 30.2 Å². The van der Waals surface area contributed by atoms with Crippen molar-refractivity contribution in [1.29, 1.82) is 0 Å². The molecule has 1 aromatic heterocycles. The second kappa shape index (κ2) is 7.21. The van der Waals surface area contributed by atoms with Crippen LogP contribution in [0.1, 0.15) is 33.9 Å². The number of thiazole rings is 1. The van der Waals surface area contributed by atoms with Crippen LogP contribution < -0.4 is 5.73 Å². The molecule has 2 fully saturated rings. The van der Waals surface area contributed by atoms with E-state index in [1.54, 1.807) is 11.3 Å². The van der Waals surface area contributed by atoms with Gasteiger partial charge in [0, 0.05) is 30.9 Å². The summed E-state index contributed by atoms with van der Waals surface area (Å²) in [5.74, 6) is 1.15. The van der Waals surface area contributed by atoms with Crippen LogP contribution in [0.2, 0.25) is 0 Å². The van der Waals surface area contributed by atoms with Crippen LogP contribution in [0.4, 0.5) is 0 Å². The van der Waals surface area contributed by atoms with E-state index in [2.05, 4.69) is 17.1 Å². The average molecular weight is 364 g/mol. The highest BCUT2D eigenvalue weighted by Gasteiger charge is 2.42. The molecular formula is C18H22ClN3OS. The van der Waals surface area contributed by atoms with Crippen molar-refractivity contribution in [1.82, 2.24) is 9.88 Å². The molecule has 24 heavy (non-hydrogen) atoms. The maximum atomic E-state index is 12.7.